The van der Waals surface area contributed by atoms with Gasteiger partial charge in [-0.2, -0.15) is 0 Å². The number of nitrogens with one attached hydrogen (secondary N) is 1. The number of hydrogen-bond donors (Lipinski definition) is 1. The SMILES string of the molecule is Cc1ccc(CNC(=O)N2CCN(C(=O)Cc3ccccc3)CC2)cc1. The zero-order valence-corrected chi connectivity index (χ0v) is 15.1. The van der Waals surface area contributed by atoms with Crippen LogP contribution in [0.5, 0.6) is 0 Å². The van der Waals surface area contributed by atoms with Gasteiger partial charge in [-0.1, -0.05) is 60.2 Å². The minimum atomic E-state index is -0.0688. The number of amides is 3. The van der Waals surface area contributed by atoms with Crippen molar-refractivity contribution in [2.45, 2.75) is 19.9 Å². The molecule has 0 unspecified atom stereocenters. The number of urea groups is 1. The van der Waals surface area contributed by atoms with Gasteiger partial charge in [-0.3, -0.25) is 4.79 Å². The third-order valence-electron chi connectivity index (χ3n) is 4.68. The molecule has 0 atom stereocenters. The van der Waals surface area contributed by atoms with Crippen molar-refractivity contribution in [1.29, 1.82) is 0 Å². The molecule has 1 saturated heterocycles. The highest BCUT2D eigenvalue weighted by molar-refractivity contribution is 5.79. The Kier molecular flexibility index (Phi) is 5.89. The maximum absolute atomic E-state index is 12.4. The number of rotatable bonds is 4. The zero-order chi connectivity index (χ0) is 18.4. The Morgan fingerprint density at radius 3 is 2.12 bits per heavy atom. The molecule has 1 N–H and O–H groups in total. The molecule has 3 amide bonds. The second kappa shape index (κ2) is 8.52. The third kappa shape index (κ3) is 4.85. The van der Waals surface area contributed by atoms with Crippen LogP contribution in [0.2, 0.25) is 0 Å². The van der Waals surface area contributed by atoms with Crippen LogP contribution >= 0.6 is 0 Å². The molecule has 1 aliphatic rings. The lowest BCUT2D eigenvalue weighted by atomic mass is 10.1. The van der Waals surface area contributed by atoms with Crippen LogP contribution < -0.4 is 5.32 Å². The molecular weight excluding hydrogens is 326 g/mol. The van der Waals surface area contributed by atoms with E-state index in [1.165, 1.54) is 5.56 Å². The summed E-state index contributed by atoms with van der Waals surface area (Å²) in [4.78, 5) is 28.3. The van der Waals surface area contributed by atoms with Crippen molar-refractivity contribution in [3.05, 3.63) is 71.3 Å². The van der Waals surface area contributed by atoms with Gasteiger partial charge < -0.3 is 15.1 Å². The van der Waals surface area contributed by atoms with Crippen molar-refractivity contribution in [2.75, 3.05) is 26.2 Å². The third-order valence-corrected chi connectivity index (χ3v) is 4.68. The monoisotopic (exact) mass is 351 g/mol. The van der Waals surface area contributed by atoms with Gasteiger partial charge in [0.25, 0.3) is 0 Å². The second-order valence-corrected chi connectivity index (χ2v) is 6.67. The van der Waals surface area contributed by atoms with Crippen LogP contribution in [-0.4, -0.2) is 47.9 Å². The van der Waals surface area contributed by atoms with E-state index in [0.717, 1.165) is 11.1 Å². The number of hydrogen-bond acceptors (Lipinski definition) is 2. The van der Waals surface area contributed by atoms with E-state index in [-0.39, 0.29) is 11.9 Å². The summed E-state index contributed by atoms with van der Waals surface area (Å²) in [5.74, 6) is 0.121. The molecule has 1 heterocycles. The van der Waals surface area contributed by atoms with Crippen LogP contribution in [0.1, 0.15) is 16.7 Å². The van der Waals surface area contributed by atoms with Crippen molar-refractivity contribution in [3.8, 4) is 0 Å². The van der Waals surface area contributed by atoms with Crippen LogP contribution in [0.25, 0.3) is 0 Å². The first kappa shape index (κ1) is 18.0. The Morgan fingerprint density at radius 1 is 0.846 bits per heavy atom. The van der Waals surface area contributed by atoms with Crippen molar-refractivity contribution in [1.82, 2.24) is 15.1 Å². The van der Waals surface area contributed by atoms with Gasteiger partial charge in [-0.25, -0.2) is 4.79 Å². The molecule has 136 valence electrons. The van der Waals surface area contributed by atoms with E-state index in [1.54, 1.807) is 4.90 Å². The van der Waals surface area contributed by atoms with Crippen LogP contribution in [0.15, 0.2) is 54.6 Å². The first-order valence-electron chi connectivity index (χ1n) is 9.02. The number of benzene rings is 2. The quantitative estimate of drug-likeness (QED) is 0.920. The average Bonchev–Trinajstić information content (AvgIpc) is 2.68. The largest absolute Gasteiger partial charge is 0.339 e. The van der Waals surface area contributed by atoms with E-state index >= 15 is 0 Å². The smallest absolute Gasteiger partial charge is 0.317 e. The van der Waals surface area contributed by atoms with Crippen molar-refractivity contribution < 1.29 is 9.59 Å². The predicted molar refractivity (Wildman–Crippen MR) is 102 cm³/mol. The van der Waals surface area contributed by atoms with Gasteiger partial charge in [0.15, 0.2) is 0 Å². The van der Waals surface area contributed by atoms with Crippen LogP contribution in [0, 0.1) is 6.92 Å². The van der Waals surface area contributed by atoms with Gasteiger partial charge in [0.1, 0.15) is 0 Å². The molecule has 0 aromatic heterocycles. The molecule has 1 fully saturated rings. The molecule has 0 aliphatic carbocycles. The molecule has 0 spiro atoms. The molecule has 2 aromatic carbocycles. The Bertz CT molecular complexity index is 736. The highest BCUT2D eigenvalue weighted by Crippen LogP contribution is 2.08. The van der Waals surface area contributed by atoms with Gasteiger partial charge >= 0.3 is 6.03 Å². The van der Waals surface area contributed by atoms with E-state index in [1.807, 2.05) is 66.4 Å². The summed E-state index contributed by atoms with van der Waals surface area (Å²) in [5, 5.41) is 2.96. The molecule has 2 aromatic rings. The van der Waals surface area contributed by atoms with E-state index in [4.69, 9.17) is 0 Å². The molecular formula is C21H25N3O2. The van der Waals surface area contributed by atoms with E-state index in [9.17, 15) is 9.59 Å². The fraction of sp³-hybridized carbons (Fsp3) is 0.333. The van der Waals surface area contributed by atoms with E-state index in [2.05, 4.69) is 5.32 Å². The zero-order valence-electron chi connectivity index (χ0n) is 15.1. The second-order valence-electron chi connectivity index (χ2n) is 6.67. The average molecular weight is 351 g/mol. The maximum Gasteiger partial charge on any atom is 0.317 e. The highest BCUT2D eigenvalue weighted by Gasteiger charge is 2.23. The fourth-order valence-corrected chi connectivity index (χ4v) is 3.04. The lowest BCUT2D eigenvalue weighted by molar-refractivity contribution is -0.131. The molecule has 3 rings (SSSR count). The summed E-state index contributed by atoms with van der Waals surface area (Å²) >= 11 is 0. The first-order valence-corrected chi connectivity index (χ1v) is 9.02. The Hall–Kier alpha value is -2.82. The minimum Gasteiger partial charge on any atom is -0.339 e. The van der Waals surface area contributed by atoms with Crippen molar-refractivity contribution >= 4 is 11.9 Å². The Labute approximate surface area is 154 Å². The van der Waals surface area contributed by atoms with Crippen LogP contribution in [-0.2, 0) is 17.8 Å². The van der Waals surface area contributed by atoms with Gasteiger partial charge in [-0.05, 0) is 18.1 Å². The highest BCUT2D eigenvalue weighted by atomic mass is 16.2. The summed E-state index contributed by atoms with van der Waals surface area (Å²) in [6.07, 6.45) is 0.417. The molecule has 5 heteroatoms. The predicted octanol–water partition coefficient (Wildman–Crippen LogP) is 2.59. The summed E-state index contributed by atoms with van der Waals surface area (Å²) in [6, 6.07) is 17.8. The number of aryl methyl sites for hydroxylation is 1. The summed E-state index contributed by atoms with van der Waals surface area (Å²) in [5.41, 5.74) is 3.31. The lowest BCUT2D eigenvalue weighted by Gasteiger charge is -2.34. The Morgan fingerprint density at radius 2 is 1.46 bits per heavy atom. The van der Waals surface area contributed by atoms with Crippen LogP contribution in [0.3, 0.4) is 0 Å². The molecule has 1 aliphatic heterocycles. The molecule has 0 radical (unpaired) electrons. The summed E-state index contributed by atoms with van der Waals surface area (Å²) in [7, 11) is 0. The number of nitrogens with zero attached hydrogens (tertiary/aromatic N) is 2. The number of carbonyl (C=O) groups excluding carboxylic acids is 2. The lowest BCUT2D eigenvalue weighted by Crippen LogP contribution is -2.53. The maximum atomic E-state index is 12.4. The Balaban J connectivity index is 1.43. The minimum absolute atomic E-state index is 0.0688. The molecule has 26 heavy (non-hydrogen) atoms. The van der Waals surface area contributed by atoms with E-state index in [0.29, 0.717) is 39.1 Å². The van der Waals surface area contributed by atoms with Crippen molar-refractivity contribution in [2.24, 2.45) is 0 Å². The number of piperazine rings is 1. The normalized spacial score (nSPS) is 14.2. The molecule has 0 bridgehead atoms. The van der Waals surface area contributed by atoms with Gasteiger partial charge in [0.2, 0.25) is 5.91 Å². The van der Waals surface area contributed by atoms with Crippen molar-refractivity contribution in [3.63, 3.8) is 0 Å². The summed E-state index contributed by atoms with van der Waals surface area (Å²) < 4.78 is 0. The molecule has 5 nitrogen and oxygen atoms in total. The first-order chi connectivity index (χ1) is 12.6. The topological polar surface area (TPSA) is 52.7 Å². The molecule has 0 saturated carbocycles. The van der Waals surface area contributed by atoms with E-state index < -0.39 is 0 Å². The van der Waals surface area contributed by atoms with Crippen LogP contribution in [0.4, 0.5) is 4.79 Å². The summed E-state index contributed by atoms with van der Waals surface area (Å²) in [6.45, 7) is 4.88. The van der Waals surface area contributed by atoms with Gasteiger partial charge in [0.05, 0.1) is 6.42 Å². The van der Waals surface area contributed by atoms with Gasteiger partial charge in [-0.15, -0.1) is 0 Å². The number of carbonyl (C=O) groups is 2. The fourth-order valence-electron chi connectivity index (χ4n) is 3.04. The van der Waals surface area contributed by atoms with Gasteiger partial charge in [0, 0.05) is 32.7 Å². The standard InChI is InChI=1S/C21H25N3O2/c1-17-7-9-19(10-8-17)16-22-21(26)24-13-11-23(12-14-24)20(25)15-18-5-3-2-4-6-18/h2-10H,11-16H2,1H3,(H,22,26).